The molecule has 1 rings (SSSR count). The molecule has 1 aromatic rings. The Hall–Kier alpha value is -1.98. The van der Waals surface area contributed by atoms with Crippen molar-refractivity contribution in [2.24, 2.45) is 0 Å². The van der Waals surface area contributed by atoms with Crippen LogP contribution in [0.3, 0.4) is 0 Å². The highest BCUT2D eigenvalue weighted by Gasteiger charge is 2.35. The van der Waals surface area contributed by atoms with Crippen molar-refractivity contribution in [3.8, 4) is 6.07 Å². The molecule has 0 amide bonds. The Labute approximate surface area is 117 Å². The minimum atomic E-state index is -4.00. The van der Waals surface area contributed by atoms with E-state index in [0.29, 0.717) is 0 Å². The number of nitrogens with zero attached hydrogens (tertiary/aromatic N) is 3. The van der Waals surface area contributed by atoms with Crippen molar-refractivity contribution in [3.63, 3.8) is 0 Å². The van der Waals surface area contributed by atoms with Gasteiger partial charge < -0.3 is 5.11 Å². The van der Waals surface area contributed by atoms with Gasteiger partial charge >= 0.3 is 5.97 Å². The molecule has 1 heterocycles. The Bertz CT molecular complexity index is 639. The van der Waals surface area contributed by atoms with E-state index in [1.54, 1.807) is 26.8 Å². The van der Waals surface area contributed by atoms with Crippen LogP contribution < -0.4 is 0 Å². The van der Waals surface area contributed by atoms with Crippen molar-refractivity contribution >= 4 is 16.0 Å². The number of sulfonamides is 1. The fraction of sp³-hybridized carbons (Fsp3) is 0.417. The second-order valence-corrected chi connectivity index (χ2v) is 6.93. The van der Waals surface area contributed by atoms with Crippen molar-refractivity contribution < 1.29 is 18.3 Å². The van der Waals surface area contributed by atoms with E-state index in [9.17, 15) is 13.2 Å². The summed E-state index contributed by atoms with van der Waals surface area (Å²) in [5.74, 6) is -1.25. The van der Waals surface area contributed by atoms with Crippen LogP contribution >= 0.6 is 0 Å². The lowest BCUT2D eigenvalue weighted by atomic mass is 10.1. The molecular weight excluding hydrogens is 282 g/mol. The van der Waals surface area contributed by atoms with Gasteiger partial charge in [0.15, 0.2) is 0 Å². The number of hydrogen-bond acceptors (Lipinski definition) is 5. The first kappa shape index (κ1) is 16.1. The number of carboxylic acids is 1. The SMILES string of the molecule is CC(C)(C)N(CC(=O)O)S(=O)(=O)c1ccc(C#N)nc1. The summed E-state index contributed by atoms with van der Waals surface area (Å²) in [6, 6.07) is 4.29. The number of pyridine rings is 1. The van der Waals surface area contributed by atoms with E-state index in [1.165, 1.54) is 12.1 Å². The fourth-order valence-electron chi connectivity index (χ4n) is 1.53. The molecule has 0 fully saturated rings. The molecule has 0 aliphatic heterocycles. The van der Waals surface area contributed by atoms with Crippen LogP contribution in [0, 0.1) is 11.3 Å². The first-order valence-electron chi connectivity index (χ1n) is 5.70. The molecular formula is C12H15N3O4S. The zero-order valence-electron chi connectivity index (χ0n) is 11.4. The molecule has 0 aliphatic carbocycles. The Morgan fingerprint density at radius 3 is 2.40 bits per heavy atom. The van der Waals surface area contributed by atoms with Crippen molar-refractivity contribution in [1.82, 2.24) is 9.29 Å². The first-order valence-corrected chi connectivity index (χ1v) is 7.14. The second kappa shape index (κ2) is 5.56. The summed E-state index contributed by atoms with van der Waals surface area (Å²) in [7, 11) is -4.00. The van der Waals surface area contributed by atoms with E-state index < -0.39 is 28.1 Å². The first-order chi connectivity index (χ1) is 9.09. The van der Waals surface area contributed by atoms with Gasteiger partial charge in [-0.3, -0.25) is 4.79 Å². The average Bonchev–Trinajstić information content (AvgIpc) is 2.34. The largest absolute Gasteiger partial charge is 0.480 e. The molecule has 0 unspecified atom stereocenters. The van der Waals surface area contributed by atoms with Crippen molar-refractivity contribution in [1.29, 1.82) is 5.26 Å². The van der Waals surface area contributed by atoms with Gasteiger partial charge in [0.2, 0.25) is 10.0 Å². The van der Waals surface area contributed by atoms with Gasteiger partial charge in [-0.1, -0.05) is 0 Å². The van der Waals surface area contributed by atoms with Gasteiger partial charge in [0.25, 0.3) is 0 Å². The highest BCUT2D eigenvalue weighted by molar-refractivity contribution is 7.89. The average molecular weight is 297 g/mol. The monoisotopic (exact) mass is 297 g/mol. The lowest BCUT2D eigenvalue weighted by Crippen LogP contribution is -2.48. The molecule has 0 saturated heterocycles. The molecule has 0 spiro atoms. The summed E-state index contributed by atoms with van der Waals surface area (Å²) in [4.78, 5) is 14.4. The number of aromatic nitrogens is 1. The maximum absolute atomic E-state index is 12.5. The van der Waals surface area contributed by atoms with E-state index >= 15 is 0 Å². The van der Waals surface area contributed by atoms with Crippen molar-refractivity contribution in [3.05, 3.63) is 24.0 Å². The third-order valence-electron chi connectivity index (χ3n) is 2.47. The van der Waals surface area contributed by atoms with Crippen LogP contribution in [0.15, 0.2) is 23.2 Å². The molecule has 1 aromatic heterocycles. The van der Waals surface area contributed by atoms with Gasteiger partial charge in [0, 0.05) is 11.7 Å². The van der Waals surface area contributed by atoms with Crippen LogP contribution in [0.2, 0.25) is 0 Å². The summed E-state index contributed by atoms with van der Waals surface area (Å²) < 4.78 is 25.8. The summed E-state index contributed by atoms with van der Waals surface area (Å²) in [5, 5.41) is 17.5. The van der Waals surface area contributed by atoms with Gasteiger partial charge in [-0.05, 0) is 32.9 Å². The topological polar surface area (TPSA) is 111 Å². The molecule has 20 heavy (non-hydrogen) atoms. The third kappa shape index (κ3) is 3.53. The maximum Gasteiger partial charge on any atom is 0.318 e. The Kier molecular flexibility index (Phi) is 4.47. The van der Waals surface area contributed by atoms with Crippen LogP contribution in [-0.4, -0.2) is 40.9 Å². The molecule has 7 nitrogen and oxygen atoms in total. The fourth-order valence-corrected chi connectivity index (χ4v) is 3.21. The van der Waals surface area contributed by atoms with Crippen LogP contribution in [-0.2, 0) is 14.8 Å². The van der Waals surface area contributed by atoms with Crippen LogP contribution in [0.25, 0.3) is 0 Å². The van der Waals surface area contributed by atoms with Gasteiger partial charge in [-0.25, -0.2) is 13.4 Å². The molecule has 0 atom stereocenters. The van der Waals surface area contributed by atoms with Gasteiger partial charge in [0.05, 0.1) is 0 Å². The number of rotatable bonds is 4. The normalized spacial score (nSPS) is 12.2. The molecule has 0 aromatic carbocycles. The minimum absolute atomic E-state index is 0.0875. The van der Waals surface area contributed by atoms with E-state index in [2.05, 4.69) is 4.98 Å². The Morgan fingerprint density at radius 1 is 1.45 bits per heavy atom. The zero-order chi connectivity index (χ0) is 15.6. The number of carboxylic acid groups (broad SMARTS) is 1. The molecule has 1 N–H and O–H groups in total. The quantitative estimate of drug-likeness (QED) is 0.881. The van der Waals surface area contributed by atoms with Gasteiger partial charge in [-0.2, -0.15) is 9.57 Å². The Morgan fingerprint density at radius 2 is 2.05 bits per heavy atom. The predicted molar refractivity (Wildman–Crippen MR) is 70.2 cm³/mol. The molecule has 0 saturated carbocycles. The highest BCUT2D eigenvalue weighted by Crippen LogP contribution is 2.23. The van der Waals surface area contributed by atoms with E-state index in [-0.39, 0.29) is 10.6 Å². The lowest BCUT2D eigenvalue weighted by Gasteiger charge is -2.33. The van der Waals surface area contributed by atoms with Crippen LogP contribution in [0.4, 0.5) is 0 Å². The van der Waals surface area contributed by atoms with E-state index in [1.807, 2.05) is 0 Å². The molecule has 0 aliphatic rings. The lowest BCUT2D eigenvalue weighted by molar-refractivity contribution is -0.138. The third-order valence-corrected chi connectivity index (χ3v) is 4.56. The summed E-state index contributed by atoms with van der Waals surface area (Å²) in [6.07, 6.45) is 1.05. The molecule has 108 valence electrons. The predicted octanol–water partition coefficient (Wildman–Crippen LogP) is 0.827. The van der Waals surface area contributed by atoms with E-state index in [4.69, 9.17) is 10.4 Å². The standard InChI is InChI=1S/C12H15N3O4S/c1-12(2,3)15(8-11(16)17)20(18,19)10-5-4-9(6-13)14-7-10/h4-5,7H,8H2,1-3H3,(H,16,17). The van der Waals surface area contributed by atoms with Crippen molar-refractivity contribution in [2.45, 2.75) is 31.2 Å². The summed E-state index contributed by atoms with van der Waals surface area (Å²) in [6.45, 7) is 4.16. The summed E-state index contributed by atoms with van der Waals surface area (Å²) in [5.41, 5.74) is -0.810. The summed E-state index contributed by atoms with van der Waals surface area (Å²) >= 11 is 0. The van der Waals surface area contributed by atoms with Crippen molar-refractivity contribution in [2.75, 3.05) is 6.54 Å². The maximum atomic E-state index is 12.5. The number of carbonyl (C=O) groups is 1. The van der Waals surface area contributed by atoms with Crippen LogP contribution in [0.1, 0.15) is 26.5 Å². The second-order valence-electron chi connectivity index (χ2n) is 5.07. The molecule has 0 bridgehead atoms. The smallest absolute Gasteiger partial charge is 0.318 e. The van der Waals surface area contributed by atoms with Gasteiger partial charge in [0.1, 0.15) is 23.2 Å². The Balaban J connectivity index is 3.29. The highest BCUT2D eigenvalue weighted by atomic mass is 32.2. The van der Waals surface area contributed by atoms with E-state index in [0.717, 1.165) is 10.5 Å². The molecule has 8 heteroatoms. The number of nitriles is 1. The van der Waals surface area contributed by atoms with Crippen LogP contribution in [0.5, 0.6) is 0 Å². The zero-order valence-corrected chi connectivity index (χ0v) is 12.2. The minimum Gasteiger partial charge on any atom is -0.480 e. The molecule has 0 radical (unpaired) electrons. The van der Waals surface area contributed by atoms with Gasteiger partial charge in [-0.15, -0.1) is 0 Å². The number of hydrogen-bond donors (Lipinski definition) is 1. The number of aliphatic carboxylic acids is 1.